The molecule has 0 saturated carbocycles. The van der Waals surface area contributed by atoms with Crippen molar-refractivity contribution in [1.29, 1.82) is 0 Å². The summed E-state index contributed by atoms with van der Waals surface area (Å²) in [4.78, 5) is 14.5. The molecule has 0 aliphatic heterocycles. The van der Waals surface area contributed by atoms with Crippen LogP contribution in [0.3, 0.4) is 0 Å². The molecule has 0 amide bonds. The third-order valence-corrected chi connectivity index (χ3v) is 2.84. The average Bonchev–Trinajstić information content (AvgIpc) is 2.17. The Hall–Kier alpha value is -1.30. The molecule has 1 aromatic heterocycles. The SMILES string of the molecule is CSCC(C)Nc1nc(C)ccc1[N+](=O)[O-]. The van der Waals surface area contributed by atoms with Gasteiger partial charge in [0, 0.05) is 23.6 Å². The van der Waals surface area contributed by atoms with Gasteiger partial charge in [-0.25, -0.2) is 4.98 Å². The molecular weight excluding hydrogens is 226 g/mol. The molecule has 0 saturated heterocycles. The predicted molar refractivity (Wildman–Crippen MR) is 67.1 cm³/mol. The first-order chi connectivity index (χ1) is 7.54. The Morgan fingerprint density at radius 3 is 2.88 bits per heavy atom. The van der Waals surface area contributed by atoms with Gasteiger partial charge in [-0.3, -0.25) is 10.1 Å². The van der Waals surface area contributed by atoms with Crippen LogP contribution < -0.4 is 5.32 Å². The third-order valence-electron chi connectivity index (χ3n) is 2.01. The van der Waals surface area contributed by atoms with E-state index in [2.05, 4.69) is 10.3 Å². The van der Waals surface area contributed by atoms with Crippen molar-refractivity contribution in [2.75, 3.05) is 17.3 Å². The molecule has 88 valence electrons. The van der Waals surface area contributed by atoms with Gasteiger partial charge >= 0.3 is 5.69 Å². The molecule has 1 unspecified atom stereocenters. The van der Waals surface area contributed by atoms with Gasteiger partial charge in [-0.15, -0.1) is 0 Å². The van der Waals surface area contributed by atoms with Crippen LogP contribution in [0.25, 0.3) is 0 Å². The molecule has 0 aromatic carbocycles. The Morgan fingerprint density at radius 2 is 2.31 bits per heavy atom. The standard InChI is InChI=1S/C10H15N3O2S/c1-7-4-5-9(13(14)15)10(11-7)12-8(2)6-16-3/h4-5,8H,6H2,1-3H3,(H,11,12). The zero-order chi connectivity index (χ0) is 12.1. The number of aryl methyl sites for hydroxylation is 1. The largest absolute Gasteiger partial charge is 0.361 e. The van der Waals surface area contributed by atoms with Gasteiger partial charge in [0.2, 0.25) is 5.82 Å². The van der Waals surface area contributed by atoms with Crippen molar-refractivity contribution in [3.63, 3.8) is 0 Å². The van der Waals surface area contributed by atoms with E-state index in [1.807, 2.05) is 20.1 Å². The maximum absolute atomic E-state index is 10.8. The summed E-state index contributed by atoms with van der Waals surface area (Å²) in [6.45, 7) is 3.79. The normalized spacial score (nSPS) is 12.2. The highest BCUT2D eigenvalue weighted by molar-refractivity contribution is 7.98. The minimum Gasteiger partial charge on any atom is -0.361 e. The summed E-state index contributed by atoms with van der Waals surface area (Å²) < 4.78 is 0. The number of nitrogens with zero attached hydrogens (tertiary/aromatic N) is 2. The summed E-state index contributed by atoms with van der Waals surface area (Å²) >= 11 is 1.69. The molecule has 0 radical (unpaired) electrons. The molecule has 0 aliphatic carbocycles. The minimum absolute atomic E-state index is 0.0264. The Bertz CT molecular complexity index is 384. The quantitative estimate of drug-likeness (QED) is 0.633. The molecule has 0 aliphatic rings. The van der Waals surface area contributed by atoms with Gasteiger partial charge in [0.05, 0.1) is 4.92 Å². The maximum atomic E-state index is 10.8. The fourth-order valence-electron chi connectivity index (χ4n) is 1.33. The molecule has 1 heterocycles. The monoisotopic (exact) mass is 241 g/mol. The second-order valence-electron chi connectivity index (χ2n) is 3.58. The molecule has 16 heavy (non-hydrogen) atoms. The highest BCUT2D eigenvalue weighted by atomic mass is 32.2. The summed E-state index contributed by atoms with van der Waals surface area (Å²) in [5, 5.41) is 13.9. The Labute approximate surface area is 98.8 Å². The summed E-state index contributed by atoms with van der Waals surface area (Å²) in [5.74, 6) is 1.24. The van der Waals surface area contributed by atoms with Crippen LogP contribution in [0.1, 0.15) is 12.6 Å². The number of rotatable bonds is 5. The third kappa shape index (κ3) is 3.37. The molecule has 6 heteroatoms. The van der Waals surface area contributed by atoms with Crippen molar-refractivity contribution in [2.24, 2.45) is 0 Å². The van der Waals surface area contributed by atoms with Crippen molar-refractivity contribution in [1.82, 2.24) is 4.98 Å². The van der Waals surface area contributed by atoms with Gasteiger partial charge in [0.25, 0.3) is 0 Å². The average molecular weight is 241 g/mol. The first kappa shape index (κ1) is 12.8. The lowest BCUT2D eigenvalue weighted by Gasteiger charge is -2.13. The van der Waals surface area contributed by atoms with Crippen LogP contribution in [0.5, 0.6) is 0 Å². The number of nitrogens with one attached hydrogen (secondary N) is 1. The number of anilines is 1. The van der Waals surface area contributed by atoms with Gasteiger partial charge in [0.1, 0.15) is 0 Å². The van der Waals surface area contributed by atoms with Crippen LogP contribution in [0, 0.1) is 17.0 Å². The lowest BCUT2D eigenvalue weighted by Crippen LogP contribution is -2.19. The van der Waals surface area contributed by atoms with Crippen LogP contribution in [-0.4, -0.2) is 28.0 Å². The smallest absolute Gasteiger partial charge is 0.311 e. The van der Waals surface area contributed by atoms with Crippen molar-refractivity contribution in [2.45, 2.75) is 19.9 Å². The molecular formula is C10H15N3O2S. The Kier molecular flexibility index (Phi) is 4.54. The molecule has 1 aromatic rings. The van der Waals surface area contributed by atoms with Crippen LogP contribution >= 0.6 is 11.8 Å². The fourth-order valence-corrected chi connectivity index (χ4v) is 1.91. The summed E-state index contributed by atoms with van der Waals surface area (Å²) in [6, 6.07) is 3.28. The van der Waals surface area contributed by atoms with E-state index >= 15 is 0 Å². The lowest BCUT2D eigenvalue weighted by atomic mass is 10.3. The van der Waals surface area contributed by atoms with Crippen molar-refractivity contribution in [3.05, 3.63) is 27.9 Å². The molecule has 5 nitrogen and oxygen atoms in total. The van der Waals surface area contributed by atoms with Gasteiger partial charge in [0.15, 0.2) is 0 Å². The summed E-state index contributed by atoms with van der Waals surface area (Å²) in [6.07, 6.45) is 2.00. The number of pyridine rings is 1. The van der Waals surface area contributed by atoms with Crippen molar-refractivity contribution in [3.8, 4) is 0 Å². The van der Waals surface area contributed by atoms with Crippen molar-refractivity contribution >= 4 is 23.3 Å². The highest BCUT2D eigenvalue weighted by Gasteiger charge is 2.16. The van der Waals surface area contributed by atoms with Crippen LogP contribution in [0.15, 0.2) is 12.1 Å². The van der Waals surface area contributed by atoms with Crippen LogP contribution in [0.4, 0.5) is 11.5 Å². The van der Waals surface area contributed by atoms with Gasteiger partial charge in [-0.1, -0.05) is 0 Å². The van der Waals surface area contributed by atoms with E-state index in [0.717, 1.165) is 11.4 Å². The summed E-state index contributed by atoms with van der Waals surface area (Å²) in [5.41, 5.74) is 0.794. The second-order valence-corrected chi connectivity index (χ2v) is 4.49. The molecule has 0 spiro atoms. The molecule has 1 atom stereocenters. The van der Waals surface area contributed by atoms with E-state index in [9.17, 15) is 10.1 Å². The Balaban J connectivity index is 2.92. The van der Waals surface area contributed by atoms with Gasteiger partial charge in [-0.2, -0.15) is 11.8 Å². The predicted octanol–water partition coefficient (Wildman–Crippen LogP) is 2.46. The topological polar surface area (TPSA) is 68.1 Å². The molecule has 0 fully saturated rings. The highest BCUT2D eigenvalue weighted by Crippen LogP contribution is 2.22. The van der Waals surface area contributed by atoms with E-state index < -0.39 is 4.92 Å². The van der Waals surface area contributed by atoms with Crippen LogP contribution in [0.2, 0.25) is 0 Å². The maximum Gasteiger partial charge on any atom is 0.311 e. The van der Waals surface area contributed by atoms with Crippen molar-refractivity contribution < 1.29 is 4.92 Å². The zero-order valence-electron chi connectivity index (χ0n) is 9.56. The number of hydrogen-bond donors (Lipinski definition) is 1. The zero-order valence-corrected chi connectivity index (χ0v) is 10.4. The Morgan fingerprint density at radius 1 is 1.62 bits per heavy atom. The van der Waals surface area contributed by atoms with Gasteiger partial charge in [-0.05, 0) is 26.2 Å². The van der Waals surface area contributed by atoms with E-state index in [1.165, 1.54) is 6.07 Å². The first-order valence-electron chi connectivity index (χ1n) is 4.92. The fraction of sp³-hybridized carbons (Fsp3) is 0.500. The molecule has 1 N–H and O–H groups in total. The van der Waals surface area contributed by atoms with Crippen LogP contribution in [-0.2, 0) is 0 Å². The minimum atomic E-state index is -0.416. The van der Waals surface area contributed by atoms with E-state index in [4.69, 9.17) is 0 Å². The van der Waals surface area contributed by atoms with Gasteiger partial charge < -0.3 is 5.32 Å². The second kappa shape index (κ2) is 5.69. The molecule has 1 rings (SSSR count). The summed E-state index contributed by atoms with van der Waals surface area (Å²) in [7, 11) is 0. The van der Waals surface area contributed by atoms with E-state index in [-0.39, 0.29) is 11.7 Å². The number of hydrogen-bond acceptors (Lipinski definition) is 5. The van der Waals surface area contributed by atoms with E-state index in [1.54, 1.807) is 17.8 Å². The number of aromatic nitrogens is 1. The van der Waals surface area contributed by atoms with E-state index in [0.29, 0.717) is 5.82 Å². The molecule has 0 bridgehead atoms. The number of nitro groups is 1. The number of thioether (sulfide) groups is 1. The first-order valence-corrected chi connectivity index (χ1v) is 6.31. The lowest BCUT2D eigenvalue weighted by molar-refractivity contribution is -0.384.